The Bertz CT molecular complexity index is 646. The molecule has 1 atom stereocenters. The molecular formula is C17H22Cl2N2O2. The number of hydrogen-bond donors (Lipinski definition) is 1. The van der Waals surface area contributed by atoms with Crippen molar-refractivity contribution < 1.29 is 9.47 Å². The second-order valence-electron chi connectivity index (χ2n) is 5.66. The Hall–Kier alpha value is -1.23. The zero-order valence-electron chi connectivity index (χ0n) is 13.2. The number of fused-ring (bicyclic) bond motifs is 1. The van der Waals surface area contributed by atoms with E-state index in [2.05, 4.69) is 10.3 Å². The molecule has 1 aliphatic heterocycles. The summed E-state index contributed by atoms with van der Waals surface area (Å²) in [5.41, 5.74) is 0.822. The first-order valence-corrected chi connectivity index (χ1v) is 8.11. The fourth-order valence-corrected chi connectivity index (χ4v) is 3.12. The number of hydrogen-bond acceptors (Lipinski definition) is 4. The molecule has 0 bridgehead atoms. The van der Waals surface area contributed by atoms with Crippen LogP contribution < -0.4 is 14.8 Å². The van der Waals surface area contributed by atoms with E-state index < -0.39 is 0 Å². The van der Waals surface area contributed by atoms with Gasteiger partial charge in [-0.05, 0) is 50.4 Å². The number of ether oxygens (including phenoxy) is 2. The zero-order valence-corrected chi connectivity index (χ0v) is 14.8. The van der Waals surface area contributed by atoms with Gasteiger partial charge in [0.25, 0.3) is 0 Å². The number of nitrogens with one attached hydrogen (secondary N) is 1. The molecule has 1 aromatic heterocycles. The van der Waals surface area contributed by atoms with Crippen LogP contribution in [0.1, 0.15) is 19.3 Å². The molecule has 1 aliphatic rings. The van der Waals surface area contributed by atoms with Gasteiger partial charge in [0.2, 0.25) is 0 Å². The number of aromatic nitrogens is 1. The van der Waals surface area contributed by atoms with Gasteiger partial charge >= 0.3 is 0 Å². The Kier molecular flexibility index (Phi) is 6.75. The predicted molar refractivity (Wildman–Crippen MR) is 96.3 cm³/mol. The van der Waals surface area contributed by atoms with Crippen LogP contribution in [0.2, 0.25) is 5.02 Å². The Morgan fingerprint density at radius 2 is 2.22 bits per heavy atom. The van der Waals surface area contributed by atoms with Crippen molar-refractivity contribution >= 4 is 34.9 Å². The fraction of sp³-hybridized carbons (Fsp3) is 0.471. The van der Waals surface area contributed by atoms with Crippen LogP contribution in [0.25, 0.3) is 10.9 Å². The quantitative estimate of drug-likeness (QED) is 0.791. The first-order chi connectivity index (χ1) is 10.8. The molecule has 126 valence electrons. The van der Waals surface area contributed by atoms with Crippen LogP contribution in [0.3, 0.4) is 0 Å². The van der Waals surface area contributed by atoms with Crippen LogP contribution in [-0.2, 0) is 0 Å². The van der Waals surface area contributed by atoms with E-state index in [9.17, 15) is 0 Å². The van der Waals surface area contributed by atoms with Gasteiger partial charge in [0.05, 0.1) is 24.3 Å². The van der Waals surface area contributed by atoms with Crippen LogP contribution in [0.5, 0.6) is 11.5 Å². The Balaban J connectivity index is 0.00000192. The molecule has 6 heteroatoms. The molecule has 1 saturated heterocycles. The largest absolute Gasteiger partial charge is 0.493 e. The third-order valence-corrected chi connectivity index (χ3v) is 4.48. The maximum absolute atomic E-state index is 6.20. The van der Waals surface area contributed by atoms with E-state index in [1.165, 1.54) is 12.8 Å². The molecule has 1 aromatic carbocycles. The topological polar surface area (TPSA) is 43.4 Å². The van der Waals surface area contributed by atoms with E-state index >= 15 is 0 Å². The van der Waals surface area contributed by atoms with Gasteiger partial charge in [-0.1, -0.05) is 11.6 Å². The molecule has 1 unspecified atom stereocenters. The van der Waals surface area contributed by atoms with Crippen molar-refractivity contribution in [1.82, 2.24) is 10.3 Å². The lowest BCUT2D eigenvalue weighted by atomic mass is 10.0. The van der Waals surface area contributed by atoms with Gasteiger partial charge in [0.15, 0.2) is 11.5 Å². The van der Waals surface area contributed by atoms with Crippen LogP contribution in [0, 0.1) is 5.92 Å². The molecule has 1 fully saturated rings. The monoisotopic (exact) mass is 356 g/mol. The van der Waals surface area contributed by atoms with E-state index in [0.29, 0.717) is 17.4 Å². The second kappa shape index (κ2) is 8.57. The smallest absolute Gasteiger partial charge is 0.163 e. The number of benzene rings is 1. The third-order valence-electron chi connectivity index (χ3n) is 4.15. The molecule has 4 nitrogen and oxygen atoms in total. The van der Waals surface area contributed by atoms with Crippen molar-refractivity contribution in [2.24, 2.45) is 5.92 Å². The lowest BCUT2D eigenvalue weighted by Gasteiger charge is -2.13. The number of rotatable bonds is 6. The highest BCUT2D eigenvalue weighted by atomic mass is 35.5. The van der Waals surface area contributed by atoms with Gasteiger partial charge in [-0.2, -0.15) is 0 Å². The molecule has 0 amide bonds. The summed E-state index contributed by atoms with van der Waals surface area (Å²) in [6, 6.07) is 5.57. The van der Waals surface area contributed by atoms with Crippen molar-refractivity contribution in [3.8, 4) is 11.5 Å². The summed E-state index contributed by atoms with van der Waals surface area (Å²) >= 11 is 6.20. The van der Waals surface area contributed by atoms with E-state index in [4.69, 9.17) is 21.1 Å². The molecule has 3 rings (SSSR count). The van der Waals surface area contributed by atoms with Gasteiger partial charge in [-0.3, -0.25) is 4.98 Å². The minimum atomic E-state index is 0. The summed E-state index contributed by atoms with van der Waals surface area (Å²) in [7, 11) is 1.64. The lowest BCUT2D eigenvalue weighted by Crippen LogP contribution is -2.10. The normalized spacial score (nSPS) is 17.0. The van der Waals surface area contributed by atoms with Crippen molar-refractivity contribution in [2.75, 3.05) is 26.8 Å². The highest BCUT2D eigenvalue weighted by molar-refractivity contribution is 6.35. The van der Waals surface area contributed by atoms with Gasteiger partial charge in [-0.15, -0.1) is 12.4 Å². The third kappa shape index (κ3) is 4.40. The Labute approximate surface area is 147 Å². The molecule has 0 saturated carbocycles. The molecule has 2 heterocycles. The van der Waals surface area contributed by atoms with Crippen molar-refractivity contribution in [2.45, 2.75) is 19.3 Å². The van der Waals surface area contributed by atoms with E-state index in [-0.39, 0.29) is 12.4 Å². The molecule has 1 N–H and O–H groups in total. The number of methoxy groups -OCH3 is 1. The van der Waals surface area contributed by atoms with Crippen molar-refractivity contribution in [1.29, 1.82) is 0 Å². The number of pyridine rings is 1. The SMILES string of the molecule is COc1cc2c(Cl)ccnc2cc1OCCCC1CCNC1.Cl. The van der Waals surface area contributed by atoms with E-state index in [0.717, 1.165) is 42.1 Å². The minimum Gasteiger partial charge on any atom is -0.493 e. The molecule has 0 aliphatic carbocycles. The maximum Gasteiger partial charge on any atom is 0.163 e. The highest BCUT2D eigenvalue weighted by Gasteiger charge is 2.14. The van der Waals surface area contributed by atoms with Gasteiger partial charge < -0.3 is 14.8 Å². The number of halogens is 2. The van der Waals surface area contributed by atoms with E-state index in [1.807, 2.05) is 12.1 Å². The van der Waals surface area contributed by atoms with Gasteiger partial charge in [-0.25, -0.2) is 0 Å². The summed E-state index contributed by atoms with van der Waals surface area (Å²) < 4.78 is 11.3. The summed E-state index contributed by atoms with van der Waals surface area (Å²) in [5.74, 6) is 2.22. The zero-order chi connectivity index (χ0) is 15.4. The number of nitrogens with zero attached hydrogens (tertiary/aromatic N) is 1. The van der Waals surface area contributed by atoms with Crippen molar-refractivity contribution in [3.63, 3.8) is 0 Å². The fourth-order valence-electron chi connectivity index (χ4n) is 2.91. The summed E-state index contributed by atoms with van der Waals surface area (Å²) in [4.78, 5) is 4.34. The van der Waals surface area contributed by atoms with E-state index in [1.54, 1.807) is 19.4 Å². The molecule has 0 spiro atoms. The molecule has 23 heavy (non-hydrogen) atoms. The van der Waals surface area contributed by atoms with Gasteiger partial charge in [0.1, 0.15) is 0 Å². The van der Waals surface area contributed by atoms with Crippen molar-refractivity contribution in [3.05, 3.63) is 29.4 Å². The summed E-state index contributed by atoms with van der Waals surface area (Å²) in [6.45, 7) is 2.98. The lowest BCUT2D eigenvalue weighted by molar-refractivity contribution is 0.278. The molecule has 2 aromatic rings. The second-order valence-corrected chi connectivity index (χ2v) is 6.07. The minimum absolute atomic E-state index is 0. The summed E-state index contributed by atoms with van der Waals surface area (Å²) in [5, 5.41) is 4.94. The maximum atomic E-state index is 6.20. The standard InChI is InChI=1S/C17H21ClN2O2.ClH/c1-21-16-9-13-14(18)5-7-20-15(13)10-17(16)22-8-2-3-12-4-6-19-11-12;/h5,7,9-10,12,19H,2-4,6,8,11H2,1H3;1H. The van der Waals surface area contributed by atoms with Crippen LogP contribution >= 0.6 is 24.0 Å². The Morgan fingerprint density at radius 1 is 1.35 bits per heavy atom. The van der Waals surface area contributed by atoms with Crippen LogP contribution in [-0.4, -0.2) is 31.8 Å². The first-order valence-electron chi connectivity index (χ1n) is 7.73. The van der Waals surface area contributed by atoms with Crippen LogP contribution in [0.4, 0.5) is 0 Å². The predicted octanol–water partition coefficient (Wildman–Crippen LogP) is 4.09. The molecule has 0 radical (unpaired) electrons. The highest BCUT2D eigenvalue weighted by Crippen LogP contribution is 2.34. The Morgan fingerprint density at radius 3 is 2.96 bits per heavy atom. The summed E-state index contributed by atoms with van der Waals surface area (Å²) in [6.07, 6.45) is 5.24. The molecular weight excluding hydrogens is 335 g/mol. The first kappa shape index (κ1) is 18.1. The average Bonchev–Trinajstić information content (AvgIpc) is 3.04. The van der Waals surface area contributed by atoms with Crippen LogP contribution in [0.15, 0.2) is 24.4 Å². The average molecular weight is 357 g/mol. The van der Waals surface area contributed by atoms with Gasteiger partial charge in [0, 0.05) is 17.6 Å².